The van der Waals surface area contributed by atoms with Crippen molar-refractivity contribution in [3.05, 3.63) is 65.8 Å². The summed E-state index contributed by atoms with van der Waals surface area (Å²) in [5, 5.41) is 2.82. The van der Waals surface area contributed by atoms with Crippen molar-refractivity contribution in [2.24, 2.45) is 0 Å². The van der Waals surface area contributed by atoms with Crippen LogP contribution in [0.1, 0.15) is 25.6 Å². The van der Waals surface area contributed by atoms with Gasteiger partial charge in [-0.1, -0.05) is 18.2 Å². The number of benzene rings is 1. The van der Waals surface area contributed by atoms with Crippen molar-refractivity contribution in [3.63, 3.8) is 0 Å². The van der Waals surface area contributed by atoms with Crippen LogP contribution in [0.15, 0.2) is 64.4 Å². The highest BCUT2D eigenvalue weighted by molar-refractivity contribution is 6.03. The zero-order chi connectivity index (χ0) is 17.1. The molecule has 24 heavy (non-hydrogen) atoms. The van der Waals surface area contributed by atoms with Crippen LogP contribution in [0.2, 0.25) is 0 Å². The van der Waals surface area contributed by atoms with Gasteiger partial charge < -0.3 is 14.5 Å². The number of nitrogens with zero attached hydrogens (tertiary/aromatic N) is 1. The number of carbonyl (C=O) groups is 2. The van der Waals surface area contributed by atoms with Crippen LogP contribution >= 0.6 is 0 Å². The van der Waals surface area contributed by atoms with Crippen LogP contribution in [0.4, 0.5) is 10.5 Å². The topological polar surface area (TPSA) is 71.8 Å². The number of esters is 1. The first-order chi connectivity index (χ1) is 11.6. The number of amides is 2. The maximum atomic E-state index is 12.6. The highest BCUT2D eigenvalue weighted by atomic mass is 16.5. The molecule has 0 spiro atoms. The van der Waals surface area contributed by atoms with Gasteiger partial charge in [-0.2, -0.15) is 0 Å². The fourth-order valence-electron chi connectivity index (χ4n) is 2.77. The van der Waals surface area contributed by atoms with Gasteiger partial charge in [-0.25, -0.2) is 9.59 Å². The Morgan fingerprint density at radius 3 is 2.62 bits per heavy atom. The molecule has 1 aromatic heterocycles. The summed E-state index contributed by atoms with van der Waals surface area (Å²) in [5.41, 5.74) is 1.55. The van der Waals surface area contributed by atoms with Crippen molar-refractivity contribution in [2.45, 2.75) is 19.9 Å². The Labute approximate surface area is 139 Å². The number of ether oxygens (including phenoxy) is 1. The third-order valence-corrected chi connectivity index (χ3v) is 3.82. The molecular weight excluding hydrogens is 308 g/mol. The van der Waals surface area contributed by atoms with E-state index in [4.69, 9.17) is 9.15 Å². The predicted octanol–water partition coefficient (Wildman–Crippen LogP) is 3.39. The standard InChI is InChI=1S/C18H18N2O4/c1-3-23-17(21)15-12(2)20(13-8-5-4-6-9-13)18(22)19-16(15)14-10-7-11-24-14/h4-11,16H,3H2,1-2H3,(H,19,22)/t16-/m1/s1. The molecule has 6 heteroatoms. The van der Waals surface area contributed by atoms with E-state index in [1.54, 1.807) is 38.1 Å². The average Bonchev–Trinajstić information content (AvgIpc) is 3.10. The lowest BCUT2D eigenvalue weighted by molar-refractivity contribution is -0.139. The second-order valence-corrected chi connectivity index (χ2v) is 5.29. The lowest BCUT2D eigenvalue weighted by Crippen LogP contribution is -2.48. The molecule has 124 valence electrons. The number of carbonyl (C=O) groups excluding carboxylic acids is 2. The number of para-hydroxylation sites is 1. The van der Waals surface area contributed by atoms with Gasteiger partial charge in [0.15, 0.2) is 0 Å². The molecule has 1 aromatic carbocycles. The second-order valence-electron chi connectivity index (χ2n) is 5.29. The monoisotopic (exact) mass is 326 g/mol. The number of anilines is 1. The summed E-state index contributed by atoms with van der Waals surface area (Å²) in [5.74, 6) is 0.01000. The van der Waals surface area contributed by atoms with Crippen LogP contribution in [0.5, 0.6) is 0 Å². The first-order valence-electron chi connectivity index (χ1n) is 7.70. The van der Waals surface area contributed by atoms with Crippen LogP contribution in [-0.2, 0) is 9.53 Å². The fraction of sp³-hybridized carbons (Fsp3) is 0.222. The molecule has 1 atom stereocenters. The minimum atomic E-state index is -0.675. The van der Waals surface area contributed by atoms with Crippen molar-refractivity contribution >= 4 is 17.7 Å². The minimum absolute atomic E-state index is 0.250. The number of hydrogen-bond acceptors (Lipinski definition) is 4. The normalized spacial score (nSPS) is 17.7. The van der Waals surface area contributed by atoms with Crippen molar-refractivity contribution in [1.29, 1.82) is 0 Å². The van der Waals surface area contributed by atoms with E-state index < -0.39 is 12.0 Å². The lowest BCUT2D eigenvalue weighted by Gasteiger charge is -2.34. The second kappa shape index (κ2) is 6.62. The van der Waals surface area contributed by atoms with Gasteiger partial charge >= 0.3 is 12.0 Å². The van der Waals surface area contributed by atoms with E-state index in [2.05, 4.69) is 5.32 Å². The summed E-state index contributed by atoms with van der Waals surface area (Å²) in [6.45, 7) is 3.72. The molecule has 2 heterocycles. The molecule has 1 N–H and O–H groups in total. The highest BCUT2D eigenvalue weighted by Gasteiger charge is 2.38. The number of urea groups is 1. The first kappa shape index (κ1) is 15.9. The third-order valence-electron chi connectivity index (χ3n) is 3.82. The molecule has 3 rings (SSSR count). The number of nitrogens with one attached hydrogen (secondary N) is 1. The van der Waals surface area contributed by atoms with E-state index in [-0.39, 0.29) is 12.6 Å². The molecule has 6 nitrogen and oxygen atoms in total. The van der Waals surface area contributed by atoms with Crippen molar-refractivity contribution in [3.8, 4) is 0 Å². The average molecular weight is 326 g/mol. The van der Waals surface area contributed by atoms with Gasteiger partial charge in [0.25, 0.3) is 0 Å². The van der Waals surface area contributed by atoms with E-state index in [0.717, 1.165) is 0 Å². The maximum Gasteiger partial charge on any atom is 0.338 e. The molecule has 2 aromatic rings. The smallest absolute Gasteiger partial charge is 0.338 e. The number of hydrogen-bond donors (Lipinski definition) is 1. The molecule has 0 fully saturated rings. The van der Waals surface area contributed by atoms with E-state index in [1.165, 1.54) is 11.2 Å². The van der Waals surface area contributed by atoms with Crippen LogP contribution in [0.25, 0.3) is 0 Å². The molecule has 0 saturated carbocycles. The molecule has 1 aliphatic rings. The minimum Gasteiger partial charge on any atom is -0.467 e. The summed E-state index contributed by atoms with van der Waals surface area (Å²) in [4.78, 5) is 26.6. The molecule has 2 amide bonds. The van der Waals surface area contributed by atoms with Crippen LogP contribution in [-0.4, -0.2) is 18.6 Å². The summed E-state index contributed by atoms with van der Waals surface area (Å²) in [6.07, 6.45) is 1.50. The Hall–Kier alpha value is -3.02. The van der Waals surface area contributed by atoms with Crippen molar-refractivity contribution in [1.82, 2.24) is 5.32 Å². The van der Waals surface area contributed by atoms with Crippen LogP contribution in [0, 0.1) is 0 Å². The molecule has 0 saturated heterocycles. The number of furan rings is 1. The van der Waals surface area contributed by atoms with Gasteiger partial charge in [-0.05, 0) is 38.1 Å². The molecule has 1 aliphatic heterocycles. The Morgan fingerprint density at radius 2 is 2.00 bits per heavy atom. The van der Waals surface area contributed by atoms with Crippen molar-refractivity contribution < 1.29 is 18.7 Å². The fourth-order valence-corrected chi connectivity index (χ4v) is 2.77. The lowest BCUT2D eigenvalue weighted by atomic mass is 9.99. The third kappa shape index (κ3) is 2.78. The zero-order valence-electron chi connectivity index (χ0n) is 13.5. The molecular formula is C18H18N2O4. The highest BCUT2D eigenvalue weighted by Crippen LogP contribution is 2.34. The maximum absolute atomic E-state index is 12.6. The Balaban J connectivity index is 2.11. The summed E-state index contributed by atoms with van der Waals surface area (Å²) in [6, 6.07) is 11.6. The summed E-state index contributed by atoms with van der Waals surface area (Å²) >= 11 is 0. The van der Waals surface area contributed by atoms with Gasteiger partial charge in [0, 0.05) is 5.70 Å². The van der Waals surface area contributed by atoms with Crippen LogP contribution in [0.3, 0.4) is 0 Å². The van der Waals surface area contributed by atoms with Gasteiger partial charge in [0.2, 0.25) is 0 Å². The van der Waals surface area contributed by atoms with Crippen LogP contribution < -0.4 is 10.2 Å². The van der Waals surface area contributed by atoms with Gasteiger partial charge in [-0.3, -0.25) is 4.90 Å². The van der Waals surface area contributed by atoms with Gasteiger partial charge in [-0.15, -0.1) is 0 Å². The predicted molar refractivity (Wildman–Crippen MR) is 88.2 cm³/mol. The summed E-state index contributed by atoms with van der Waals surface area (Å²) in [7, 11) is 0. The summed E-state index contributed by atoms with van der Waals surface area (Å²) < 4.78 is 10.6. The van der Waals surface area contributed by atoms with Gasteiger partial charge in [0.05, 0.1) is 24.1 Å². The Kier molecular flexibility index (Phi) is 4.37. The number of allylic oxidation sites excluding steroid dienone is 1. The SMILES string of the molecule is CCOC(=O)C1=C(C)N(c2ccccc2)C(=O)N[C@@H]1c1ccco1. The quantitative estimate of drug-likeness (QED) is 0.874. The molecule has 0 radical (unpaired) electrons. The zero-order valence-corrected chi connectivity index (χ0v) is 13.5. The largest absolute Gasteiger partial charge is 0.467 e. The van der Waals surface area contributed by atoms with E-state index in [0.29, 0.717) is 22.7 Å². The Morgan fingerprint density at radius 1 is 1.25 bits per heavy atom. The van der Waals surface area contributed by atoms with E-state index in [1.807, 2.05) is 18.2 Å². The molecule has 0 bridgehead atoms. The Bertz CT molecular complexity index is 766. The van der Waals surface area contributed by atoms with E-state index in [9.17, 15) is 9.59 Å². The first-order valence-corrected chi connectivity index (χ1v) is 7.70. The number of rotatable bonds is 4. The molecule has 0 aliphatic carbocycles. The van der Waals surface area contributed by atoms with Gasteiger partial charge in [0.1, 0.15) is 11.8 Å². The van der Waals surface area contributed by atoms with Crippen molar-refractivity contribution in [2.75, 3.05) is 11.5 Å². The molecule has 0 unspecified atom stereocenters. The van der Waals surface area contributed by atoms with E-state index >= 15 is 0 Å².